The van der Waals surface area contributed by atoms with Crippen LogP contribution in [0.1, 0.15) is 27.1 Å². The van der Waals surface area contributed by atoms with Crippen LogP contribution in [0.3, 0.4) is 0 Å². The van der Waals surface area contributed by atoms with Crippen LogP contribution in [0.25, 0.3) is 0 Å². The molecule has 0 fully saturated rings. The Hall–Kier alpha value is -2.89. The number of benzene rings is 1. The number of carbonyl (C=O) groups is 2. The second kappa shape index (κ2) is 5.83. The highest BCUT2D eigenvalue weighted by Gasteiger charge is 2.14. The molecule has 2 rings (SSSR count). The highest BCUT2D eigenvalue weighted by atomic mass is 16.6. The molecule has 0 aliphatic carbocycles. The van der Waals surface area contributed by atoms with Gasteiger partial charge in [0.1, 0.15) is 0 Å². The van der Waals surface area contributed by atoms with Gasteiger partial charge in [0.05, 0.1) is 11.3 Å². The summed E-state index contributed by atoms with van der Waals surface area (Å²) < 4.78 is 0. The van der Waals surface area contributed by atoms with E-state index in [0.29, 0.717) is 5.56 Å². The van der Waals surface area contributed by atoms with Crippen molar-refractivity contribution in [3.8, 4) is 0 Å². The average Bonchev–Trinajstić information content (AvgIpc) is 2.48. The molecule has 0 N–H and O–H groups in total. The van der Waals surface area contributed by atoms with Gasteiger partial charge in [0.15, 0.2) is 11.6 Å². The molecule has 0 saturated carbocycles. The molecule has 0 saturated heterocycles. The predicted molar refractivity (Wildman–Crippen MR) is 70.6 cm³/mol. The van der Waals surface area contributed by atoms with Crippen LogP contribution in [0, 0.1) is 10.1 Å². The standard InChI is InChI=1S/C14H10N2O4/c17-13(9-14(18)11-5-7-15-8-6-11)10-1-3-12(4-2-10)16(19)20/h1-8H,9H2. The van der Waals surface area contributed by atoms with Crippen LogP contribution in [0.4, 0.5) is 5.69 Å². The van der Waals surface area contributed by atoms with E-state index in [1.165, 1.54) is 48.8 Å². The van der Waals surface area contributed by atoms with Gasteiger partial charge < -0.3 is 0 Å². The maximum atomic E-state index is 11.9. The Morgan fingerprint density at radius 1 is 0.950 bits per heavy atom. The summed E-state index contributed by atoms with van der Waals surface area (Å²) in [6, 6.07) is 8.24. The molecule has 0 bridgehead atoms. The van der Waals surface area contributed by atoms with Gasteiger partial charge >= 0.3 is 0 Å². The summed E-state index contributed by atoms with van der Waals surface area (Å²) >= 11 is 0. The Balaban J connectivity index is 2.08. The molecule has 0 radical (unpaired) electrons. The molecule has 0 amide bonds. The number of nitro groups is 1. The van der Waals surface area contributed by atoms with Crippen molar-refractivity contribution in [2.45, 2.75) is 6.42 Å². The summed E-state index contributed by atoms with van der Waals surface area (Å²) in [4.78, 5) is 37.5. The minimum Gasteiger partial charge on any atom is -0.294 e. The first kappa shape index (κ1) is 13.5. The summed E-state index contributed by atoms with van der Waals surface area (Å²) in [6.45, 7) is 0. The Morgan fingerprint density at radius 3 is 1.95 bits per heavy atom. The molecule has 0 atom stereocenters. The van der Waals surface area contributed by atoms with Crippen LogP contribution in [0.5, 0.6) is 0 Å². The molecule has 1 aromatic carbocycles. The minimum absolute atomic E-state index is 0.0954. The predicted octanol–water partition coefficient (Wildman–Crippen LogP) is 2.45. The van der Waals surface area contributed by atoms with Crippen molar-refractivity contribution in [3.63, 3.8) is 0 Å². The van der Waals surface area contributed by atoms with Crippen molar-refractivity contribution in [2.75, 3.05) is 0 Å². The van der Waals surface area contributed by atoms with E-state index >= 15 is 0 Å². The fraction of sp³-hybridized carbons (Fsp3) is 0.0714. The Bertz CT molecular complexity index is 651. The van der Waals surface area contributed by atoms with E-state index in [-0.39, 0.29) is 29.2 Å². The number of hydrogen-bond acceptors (Lipinski definition) is 5. The number of Topliss-reactive ketones (excluding diaryl/α,β-unsaturated/α-hetero) is 2. The summed E-state index contributed by atoms with van der Waals surface area (Å²) in [6.07, 6.45) is 2.68. The average molecular weight is 270 g/mol. The molecule has 20 heavy (non-hydrogen) atoms. The van der Waals surface area contributed by atoms with Gasteiger partial charge in [-0.25, -0.2) is 0 Å². The number of carbonyl (C=O) groups excluding carboxylic acids is 2. The third kappa shape index (κ3) is 3.11. The first-order valence-corrected chi connectivity index (χ1v) is 5.79. The Kier molecular flexibility index (Phi) is 3.95. The molecule has 0 spiro atoms. The highest BCUT2D eigenvalue weighted by Crippen LogP contribution is 2.14. The molecule has 2 aromatic rings. The van der Waals surface area contributed by atoms with Crippen LogP contribution in [-0.2, 0) is 0 Å². The first-order chi connectivity index (χ1) is 9.58. The van der Waals surface area contributed by atoms with Crippen LogP contribution in [-0.4, -0.2) is 21.5 Å². The van der Waals surface area contributed by atoms with E-state index in [1.807, 2.05) is 0 Å². The fourth-order valence-electron chi connectivity index (χ4n) is 1.66. The molecule has 0 aliphatic heterocycles. The van der Waals surface area contributed by atoms with Gasteiger partial charge in [-0.15, -0.1) is 0 Å². The SMILES string of the molecule is O=C(CC(=O)c1ccc([N+](=O)[O-])cc1)c1ccncc1. The normalized spacial score (nSPS) is 10.0. The fourth-order valence-corrected chi connectivity index (χ4v) is 1.66. The first-order valence-electron chi connectivity index (χ1n) is 5.79. The van der Waals surface area contributed by atoms with E-state index in [4.69, 9.17) is 0 Å². The van der Waals surface area contributed by atoms with E-state index in [2.05, 4.69) is 4.98 Å². The summed E-state index contributed by atoms with van der Waals surface area (Å²) in [5, 5.41) is 10.5. The second-order valence-corrected chi connectivity index (χ2v) is 4.06. The number of ketones is 2. The third-order valence-corrected chi connectivity index (χ3v) is 2.72. The molecule has 6 nitrogen and oxygen atoms in total. The van der Waals surface area contributed by atoms with Crippen molar-refractivity contribution in [3.05, 3.63) is 70.0 Å². The number of nitrogens with zero attached hydrogens (tertiary/aromatic N) is 2. The lowest BCUT2D eigenvalue weighted by molar-refractivity contribution is -0.384. The van der Waals surface area contributed by atoms with Crippen LogP contribution in [0.15, 0.2) is 48.8 Å². The van der Waals surface area contributed by atoms with Crippen LogP contribution < -0.4 is 0 Å². The van der Waals surface area contributed by atoms with Gasteiger partial charge in [-0.2, -0.15) is 0 Å². The van der Waals surface area contributed by atoms with Crippen molar-refractivity contribution in [1.29, 1.82) is 0 Å². The lowest BCUT2D eigenvalue weighted by Crippen LogP contribution is -2.08. The van der Waals surface area contributed by atoms with Gasteiger partial charge in [0.25, 0.3) is 5.69 Å². The smallest absolute Gasteiger partial charge is 0.269 e. The minimum atomic E-state index is -0.545. The zero-order chi connectivity index (χ0) is 14.5. The number of rotatable bonds is 5. The van der Waals surface area contributed by atoms with E-state index in [0.717, 1.165) is 0 Å². The summed E-state index contributed by atoms with van der Waals surface area (Å²) in [5.74, 6) is -0.683. The largest absolute Gasteiger partial charge is 0.294 e. The molecule has 6 heteroatoms. The lowest BCUT2D eigenvalue weighted by Gasteiger charge is -2.01. The zero-order valence-corrected chi connectivity index (χ0v) is 10.4. The number of non-ortho nitro benzene ring substituents is 1. The molecule has 0 aliphatic rings. The van der Waals surface area contributed by atoms with Gasteiger partial charge in [-0.1, -0.05) is 0 Å². The van der Waals surface area contributed by atoms with Gasteiger partial charge in [-0.05, 0) is 24.3 Å². The zero-order valence-electron chi connectivity index (χ0n) is 10.4. The number of hydrogen-bond donors (Lipinski definition) is 0. The molecular weight excluding hydrogens is 260 g/mol. The van der Waals surface area contributed by atoms with Crippen molar-refractivity contribution in [1.82, 2.24) is 4.98 Å². The second-order valence-electron chi connectivity index (χ2n) is 4.06. The molecule has 0 unspecified atom stereocenters. The monoisotopic (exact) mass is 270 g/mol. The van der Waals surface area contributed by atoms with Crippen LogP contribution >= 0.6 is 0 Å². The quantitative estimate of drug-likeness (QED) is 0.360. The molecule has 1 heterocycles. The van der Waals surface area contributed by atoms with E-state index < -0.39 is 4.92 Å². The molecule has 100 valence electrons. The maximum Gasteiger partial charge on any atom is 0.269 e. The molecular formula is C14H10N2O4. The van der Waals surface area contributed by atoms with Crippen molar-refractivity contribution < 1.29 is 14.5 Å². The number of nitro benzene ring substituents is 1. The number of pyridine rings is 1. The van der Waals surface area contributed by atoms with Crippen molar-refractivity contribution >= 4 is 17.3 Å². The Labute approximate surface area is 114 Å². The summed E-state index contributed by atoms with van der Waals surface area (Å²) in [5.41, 5.74) is 0.593. The van der Waals surface area contributed by atoms with Crippen LogP contribution in [0.2, 0.25) is 0 Å². The van der Waals surface area contributed by atoms with Gasteiger partial charge in [0, 0.05) is 35.7 Å². The Morgan fingerprint density at radius 2 is 1.45 bits per heavy atom. The van der Waals surface area contributed by atoms with E-state index in [9.17, 15) is 19.7 Å². The van der Waals surface area contributed by atoms with Gasteiger partial charge in [0.2, 0.25) is 0 Å². The summed E-state index contributed by atoms with van der Waals surface area (Å²) in [7, 11) is 0. The topological polar surface area (TPSA) is 90.2 Å². The van der Waals surface area contributed by atoms with Crippen molar-refractivity contribution in [2.24, 2.45) is 0 Å². The molecule has 1 aromatic heterocycles. The highest BCUT2D eigenvalue weighted by molar-refractivity contribution is 6.13. The maximum absolute atomic E-state index is 11.9. The lowest BCUT2D eigenvalue weighted by atomic mass is 10.0. The van der Waals surface area contributed by atoms with Gasteiger partial charge in [-0.3, -0.25) is 24.7 Å². The van der Waals surface area contributed by atoms with E-state index in [1.54, 1.807) is 0 Å². The third-order valence-electron chi connectivity index (χ3n) is 2.72. The number of aromatic nitrogens is 1.